The Bertz CT molecular complexity index is 771. The Morgan fingerprint density at radius 1 is 1.27 bits per heavy atom. The summed E-state index contributed by atoms with van der Waals surface area (Å²) in [5.41, 5.74) is 0. The second kappa shape index (κ2) is 6.58. The number of aromatic nitrogens is 1. The molecule has 3 rings (SSSR count). The van der Waals surface area contributed by atoms with Gasteiger partial charge in [0.1, 0.15) is 5.75 Å². The van der Waals surface area contributed by atoms with E-state index in [1.807, 2.05) is 54.8 Å². The van der Waals surface area contributed by atoms with E-state index in [1.54, 1.807) is 6.20 Å². The number of thiazole rings is 1. The summed E-state index contributed by atoms with van der Waals surface area (Å²) >= 11 is 1.39. The number of carbonyl (C=O) groups is 1. The summed E-state index contributed by atoms with van der Waals surface area (Å²) in [6.45, 7) is 1.92. The van der Waals surface area contributed by atoms with E-state index < -0.39 is 6.10 Å². The average molecular weight is 312 g/mol. The highest BCUT2D eigenvalue weighted by atomic mass is 32.1. The molecule has 3 aromatic rings. The van der Waals surface area contributed by atoms with Gasteiger partial charge in [-0.1, -0.05) is 37.3 Å². The molecule has 5 heteroatoms. The number of rotatable bonds is 5. The fraction of sp³-hybridized carbons (Fsp3) is 0.176. The largest absolute Gasteiger partial charge is 0.481 e. The highest BCUT2D eigenvalue weighted by molar-refractivity contribution is 7.13. The van der Waals surface area contributed by atoms with Gasteiger partial charge in [-0.05, 0) is 29.3 Å². The Kier molecular flexibility index (Phi) is 4.34. The SMILES string of the molecule is CC[C@H](Oc1ccc2ccccc2c1)C(=O)Nc1nccs1. The number of hydrogen-bond donors (Lipinski definition) is 1. The van der Waals surface area contributed by atoms with Gasteiger partial charge in [0.25, 0.3) is 5.91 Å². The predicted octanol–water partition coefficient (Wildman–Crippen LogP) is 4.09. The number of anilines is 1. The quantitative estimate of drug-likeness (QED) is 0.772. The lowest BCUT2D eigenvalue weighted by Gasteiger charge is -2.16. The Labute approximate surface area is 132 Å². The zero-order valence-electron chi connectivity index (χ0n) is 12.2. The molecule has 0 unspecified atom stereocenters. The van der Waals surface area contributed by atoms with Gasteiger partial charge in [-0.15, -0.1) is 11.3 Å². The molecule has 0 saturated heterocycles. The summed E-state index contributed by atoms with van der Waals surface area (Å²) < 4.78 is 5.85. The minimum absolute atomic E-state index is 0.175. The van der Waals surface area contributed by atoms with Gasteiger partial charge in [-0.25, -0.2) is 4.98 Å². The van der Waals surface area contributed by atoms with Crippen LogP contribution in [0.3, 0.4) is 0 Å². The molecule has 0 fully saturated rings. The molecule has 112 valence electrons. The van der Waals surface area contributed by atoms with Crippen LogP contribution >= 0.6 is 11.3 Å². The van der Waals surface area contributed by atoms with Crippen LogP contribution in [0.15, 0.2) is 54.0 Å². The molecule has 0 radical (unpaired) electrons. The van der Waals surface area contributed by atoms with Crippen LogP contribution in [0.2, 0.25) is 0 Å². The Morgan fingerprint density at radius 2 is 2.09 bits per heavy atom. The van der Waals surface area contributed by atoms with E-state index in [9.17, 15) is 4.79 Å². The molecular weight excluding hydrogens is 296 g/mol. The highest BCUT2D eigenvalue weighted by Gasteiger charge is 2.19. The molecule has 1 N–H and O–H groups in total. The molecule has 1 aromatic heterocycles. The standard InChI is InChI=1S/C17H16N2O2S/c1-2-15(16(20)19-17-18-9-10-22-17)21-14-8-7-12-5-3-4-6-13(12)11-14/h3-11,15H,2H2,1H3,(H,18,19,20)/t15-/m0/s1. The van der Waals surface area contributed by atoms with Crippen molar-refractivity contribution in [2.75, 3.05) is 5.32 Å². The van der Waals surface area contributed by atoms with E-state index in [1.165, 1.54) is 11.3 Å². The summed E-state index contributed by atoms with van der Waals surface area (Å²) in [7, 11) is 0. The van der Waals surface area contributed by atoms with Crippen molar-refractivity contribution in [2.24, 2.45) is 0 Å². The Hall–Kier alpha value is -2.40. The number of hydrogen-bond acceptors (Lipinski definition) is 4. The van der Waals surface area contributed by atoms with Crippen LogP contribution in [-0.2, 0) is 4.79 Å². The van der Waals surface area contributed by atoms with E-state index >= 15 is 0 Å². The lowest BCUT2D eigenvalue weighted by molar-refractivity contribution is -0.122. The molecule has 1 heterocycles. The number of carbonyl (C=O) groups excluding carboxylic acids is 1. The van der Waals surface area contributed by atoms with Gasteiger partial charge in [0.05, 0.1) is 0 Å². The number of ether oxygens (including phenoxy) is 1. The van der Waals surface area contributed by atoms with Crippen molar-refractivity contribution < 1.29 is 9.53 Å². The Morgan fingerprint density at radius 3 is 2.82 bits per heavy atom. The zero-order valence-corrected chi connectivity index (χ0v) is 13.0. The van der Waals surface area contributed by atoms with Crippen molar-refractivity contribution in [3.05, 3.63) is 54.0 Å². The van der Waals surface area contributed by atoms with E-state index in [0.29, 0.717) is 17.3 Å². The first-order chi connectivity index (χ1) is 10.8. The maximum absolute atomic E-state index is 12.2. The molecule has 1 atom stereocenters. The molecule has 0 aliphatic heterocycles. The third kappa shape index (κ3) is 3.26. The van der Waals surface area contributed by atoms with Gasteiger partial charge in [0.15, 0.2) is 11.2 Å². The number of nitrogens with zero attached hydrogens (tertiary/aromatic N) is 1. The minimum atomic E-state index is -0.537. The van der Waals surface area contributed by atoms with Crippen LogP contribution < -0.4 is 10.1 Å². The molecule has 2 aromatic carbocycles. The number of amides is 1. The molecule has 0 spiro atoms. The molecule has 0 bridgehead atoms. The number of nitrogens with one attached hydrogen (secondary N) is 1. The van der Waals surface area contributed by atoms with Crippen LogP contribution in [0.25, 0.3) is 10.8 Å². The molecule has 0 aliphatic carbocycles. The van der Waals surface area contributed by atoms with Crippen molar-refractivity contribution in [3.63, 3.8) is 0 Å². The number of benzene rings is 2. The van der Waals surface area contributed by atoms with E-state index in [2.05, 4.69) is 10.3 Å². The molecule has 22 heavy (non-hydrogen) atoms. The highest BCUT2D eigenvalue weighted by Crippen LogP contribution is 2.22. The van der Waals surface area contributed by atoms with Crippen LogP contribution in [0.5, 0.6) is 5.75 Å². The number of fused-ring (bicyclic) bond motifs is 1. The lowest BCUT2D eigenvalue weighted by Crippen LogP contribution is -2.32. The third-order valence-corrected chi connectivity index (χ3v) is 4.01. The van der Waals surface area contributed by atoms with E-state index in [0.717, 1.165) is 10.8 Å². The minimum Gasteiger partial charge on any atom is -0.481 e. The fourth-order valence-electron chi connectivity index (χ4n) is 2.20. The van der Waals surface area contributed by atoms with Gasteiger partial charge in [-0.2, -0.15) is 0 Å². The average Bonchev–Trinajstić information content (AvgIpc) is 3.05. The first-order valence-corrected chi connectivity index (χ1v) is 8.00. The van der Waals surface area contributed by atoms with Gasteiger partial charge < -0.3 is 4.74 Å². The maximum atomic E-state index is 12.2. The molecular formula is C17H16N2O2S. The third-order valence-electron chi connectivity index (χ3n) is 3.32. The first kappa shape index (κ1) is 14.5. The van der Waals surface area contributed by atoms with Crippen LogP contribution in [0.1, 0.15) is 13.3 Å². The monoisotopic (exact) mass is 312 g/mol. The fourth-order valence-corrected chi connectivity index (χ4v) is 2.73. The van der Waals surface area contributed by atoms with Gasteiger partial charge >= 0.3 is 0 Å². The van der Waals surface area contributed by atoms with Crippen molar-refractivity contribution >= 4 is 33.1 Å². The van der Waals surface area contributed by atoms with E-state index in [-0.39, 0.29) is 5.91 Å². The smallest absolute Gasteiger partial charge is 0.267 e. The van der Waals surface area contributed by atoms with Crippen molar-refractivity contribution in [3.8, 4) is 5.75 Å². The normalized spacial score (nSPS) is 12.0. The summed E-state index contributed by atoms with van der Waals surface area (Å²) in [5, 5.41) is 7.42. The van der Waals surface area contributed by atoms with Gasteiger partial charge in [0, 0.05) is 11.6 Å². The summed E-state index contributed by atoms with van der Waals surface area (Å²) in [6.07, 6.45) is 1.71. The first-order valence-electron chi connectivity index (χ1n) is 7.12. The van der Waals surface area contributed by atoms with Crippen molar-refractivity contribution in [1.29, 1.82) is 0 Å². The van der Waals surface area contributed by atoms with Crippen LogP contribution in [-0.4, -0.2) is 17.0 Å². The summed E-state index contributed by atoms with van der Waals surface area (Å²) in [6, 6.07) is 13.9. The molecule has 1 amide bonds. The predicted molar refractivity (Wildman–Crippen MR) is 89.4 cm³/mol. The second-order valence-corrected chi connectivity index (χ2v) is 5.74. The summed E-state index contributed by atoms with van der Waals surface area (Å²) in [5.74, 6) is 0.519. The van der Waals surface area contributed by atoms with Crippen LogP contribution in [0, 0.1) is 0 Å². The van der Waals surface area contributed by atoms with Crippen LogP contribution in [0.4, 0.5) is 5.13 Å². The van der Waals surface area contributed by atoms with Gasteiger partial charge in [-0.3, -0.25) is 10.1 Å². The topological polar surface area (TPSA) is 51.2 Å². The Balaban J connectivity index is 1.74. The van der Waals surface area contributed by atoms with E-state index in [4.69, 9.17) is 4.74 Å². The van der Waals surface area contributed by atoms with Crippen molar-refractivity contribution in [2.45, 2.75) is 19.4 Å². The molecule has 4 nitrogen and oxygen atoms in total. The lowest BCUT2D eigenvalue weighted by atomic mass is 10.1. The van der Waals surface area contributed by atoms with Crippen molar-refractivity contribution in [1.82, 2.24) is 4.98 Å². The second-order valence-electron chi connectivity index (χ2n) is 4.85. The summed E-state index contributed by atoms with van der Waals surface area (Å²) in [4.78, 5) is 16.3. The zero-order chi connectivity index (χ0) is 15.4. The molecule has 0 saturated carbocycles. The maximum Gasteiger partial charge on any atom is 0.267 e. The molecule has 0 aliphatic rings. The van der Waals surface area contributed by atoms with Gasteiger partial charge in [0.2, 0.25) is 0 Å².